The zero-order valence-electron chi connectivity index (χ0n) is 16.2. The van der Waals surface area contributed by atoms with Gasteiger partial charge in [-0.2, -0.15) is 26.3 Å². The molecular formula is C22H12F7NO3. The first-order valence-electron chi connectivity index (χ1n) is 9.21. The van der Waals surface area contributed by atoms with Crippen LogP contribution in [0, 0.1) is 5.82 Å². The minimum atomic E-state index is -5.28. The molecule has 0 fully saturated rings. The summed E-state index contributed by atoms with van der Waals surface area (Å²) >= 11 is 0. The number of carboxylic acids is 1. The molecule has 4 nitrogen and oxygen atoms in total. The van der Waals surface area contributed by atoms with E-state index in [1.165, 1.54) is 36.4 Å². The van der Waals surface area contributed by atoms with Crippen LogP contribution in [0.4, 0.5) is 30.7 Å². The molecule has 0 radical (unpaired) electrons. The van der Waals surface area contributed by atoms with Gasteiger partial charge in [-0.15, -0.1) is 0 Å². The van der Waals surface area contributed by atoms with E-state index in [0.29, 0.717) is 12.1 Å². The molecule has 4 rings (SSSR count). The molecule has 3 aromatic carbocycles. The Labute approximate surface area is 180 Å². The highest BCUT2D eigenvalue weighted by atomic mass is 19.4. The standard InChI is InChI=1S/C22H12F7NO3/c23-13-8-11(7-12(9-13)21(24,25)26)20(22(27,28)29)10-18(30-33-20)16-5-6-17(19(31)32)15-4-2-1-3-14(15)16/h1-10,30H,(H,31,32). The zero-order valence-corrected chi connectivity index (χ0v) is 16.2. The summed E-state index contributed by atoms with van der Waals surface area (Å²) in [5.41, 5.74) is -4.35. The molecule has 0 bridgehead atoms. The van der Waals surface area contributed by atoms with E-state index in [1.807, 2.05) is 0 Å². The van der Waals surface area contributed by atoms with Gasteiger partial charge in [-0.25, -0.2) is 9.18 Å². The normalized spacial score (nSPS) is 18.8. The zero-order chi connectivity index (χ0) is 24.2. The fourth-order valence-electron chi connectivity index (χ4n) is 3.66. The van der Waals surface area contributed by atoms with E-state index in [-0.39, 0.29) is 39.7 Å². The predicted molar refractivity (Wildman–Crippen MR) is 102 cm³/mol. The quantitative estimate of drug-likeness (QED) is 0.458. The third-order valence-corrected chi connectivity index (χ3v) is 5.19. The molecule has 0 saturated heterocycles. The van der Waals surface area contributed by atoms with Crippen molar-refractivity contribution in [2.24, 2.45) is 0 Å². The molecule has 0 saturated carbocycles. The smallest absolute Gasteiger partial charge is 0.428 e. The number of hydrogen-bond donors (Lipinski definition) is 2. The number of carbonyl (C=O) groups is 1. The monoisotopic (exact) mass is 471 g/mol. The first-order valence-corrected chi connectivity index (χ1v) is 9.21. The van der Waals surface area contributed by atoms with Gasteiger partial charge in [-0.05, 0) is 41.1 Å². The Morgan fingerprint density at radius 2 is 1.61 bits per heavy atom. The number of nitrogens with one attached hydrogen (secondary N) is 1. The van der Waals surface area contributed by atoms with Crippen molar-refractivity contribution < 1.29 is 45.5 Å². The van der Waals surface area contributed by atoms with Crippen LogP contribution in [0.15, 0.2) is 60.7 Å². The van der Waals surface area contributed by atoms with Gasteiger partial charge in [0.25, 0.3) is 0 Å². The van der Waals surface area contributed by atoms with E-state index in [2.05, 4.69) is 5.48 Å². The number of benzene rings is 3. The van der Waals surface area contributed by atoms with E-state index >= 15 is 0 Å². The van der Waals surface area contributed by atoms with Crippen LogP contribution in [0.3, 0.4) is 0 Å². The van der Waals surface area contributed by atoms with Crippen LogP contribution in [0.2, 0.25) is 0 Å². The third kappa shape index (κ3) is 3.78. The van der Waals surface area contributed by atoms with Crippen molar-refractivity contribution in [2.45, 2.75) is 18.0 Å². The Bertz CT molecular complexity index is 1300. The first kappa shape index (κ1) is 22.6. The van der Waals surface area contributed by atoms with Gasteiger partial charge in [0.15, 0.2) is 0 Å². The van der Waals surface area contributed by atoms with Crippen LogP contribution in [-0.4, -0.2) is 17.3 Å². The summed E-state index contributed by atoms with van der Waals surface area (Å²) in [6.45, 7) is 0. The summed E-state index contributed by atoms with van der Waals surface area (Å²) in [5.74, 6) is -2.78. The Balaban J connectivity index is 1.94. The minimum Gasteiger partial charge on any atom is -0.478 e. The maximum absolute atomic E-state index is 14.1. The predicted octanol–water partition coefficient (Wildman–Crippen LogP) is 6.03. The van der Waals surface area contributed by atoms with Gasteiger partial charge in [-0.3, -0.25) is 10.3 Å². The molecule has 1 unspecified atom stereocenters. The molecular weight excluding hydrogens is 459 g/mol. The second-order valence-electron chi connectivity index (χ2n) is 7.23. The Morgan fingerprint density at radius 3 is 2.21 bits per heavy atom. The molecule has 2 N–H and O–H groups in total. The van der Waals surface area contributed by atoms with Gasteiger partial charge in [0.2, 0.25) is 5.60 Å². The van der Waals surface area contributed by atoms with Crippen LogP contribution in [0.5, 0.6) is 0 Å². The molecule has 172 valence electrons. The van der Waals surface area contributed by atoms with Crippen molar-refractivity contribution in [1.29, 1.82) is 0 Å². The molecule has 0 spiro atoms. The number of hydroxylamine groups is 1. The maximum Gasteiger partial charge on any atom is 0.428 e. The molecule has 3 aromatic rings. The molecule has 0 amide bonds. The highest BCUT2D eigenvalue weighted by Gasteiger charge is 2.60. The lowest BCUT2D eigenvalue weighted by molar-refractivity contribution is -0.269. The van der Waals surface area contributed by atoms with Crippen molar-refractivity contribution in [3.8, 4) is 0 Å². The van der Waals surface area contributed by atoms with Crippen LogP contribution in [0.1, 0.15) is 27.0 Å². The summed E-state index contributed by atoms with van der Waals surface area (Å²) < 4.78 is 95.7. The third-order valence-electron chi connectivity index (χ3n) is 5.19. The number of hydrogen-bond acceptors (Lipinski definition) is 3. The molecule has 1 heterocycles. The Kier molecular flexibility index (Phi) is 5.12. The summed E-state index contributed by atoms with van der Waals surface area (Å²) in [4.78, 5) is 16.3. The number of fused-ring (bicyclic) bond motifs is 1. The van der Waals surface area contributed by atoms with Gasteiger partial charge in [0.05, 0.1) is 16.8 Å². The van der Waals surface area contributed by atoms with Crippen molar-refractivity contribution >= 4 is 22.4 Å². The lowest BCUT2D eigenvalue weighted by Gasteiger charge is -2.29. The van der Waals surface area contributed by atoms with Gasteiger partial charge in [-0.1, -0.05) is 30.3 Å². The highest BCUT2D eigenvalue weighted by molar-refractivity contribution is 6.07. The molecule has 11 heteroatoms. The molecule has 33 heavy (non-hydrogen) atoms. The number of alkyl halides is 6. The van der Waals surface area contributed by atoms with Crippen LogP contribution >= 0.6 is 0 Å². The van der Waals surface area contributed by atoms with Crippen molar-refractivity contribution in [3.63, 3.8) is 0 Å². The van der Waals surface area contributed by atoms with Gasteiger partial charge in [0.1, 0.15) is 5.82 Å². The Morgan fingerprint density at radius 1 is 0.939 bits per heavy atom. The van der Waals surface area contributed by atoms with Crippen molar-refractivity contribution in [1.82, 2.24) is 5.48 Å². The lowest BCUT2D eigenvalue weighted by Crippen LogP contribution is -2.42. The van der Waals surface area contributed by atoms with Crippen molar-refractivity contribution in [2.75, 3.05) is 0 Å². The van der Waals surface area contributed by atoms with Crippen LogP contribution < -0.4 is 5.48 Å². The van der Waals surface area contributed by atoms with Gasteiger partial charge < -0.3 is 5.11 Å². The second-order valence-corrected chi connectivity index (χ2v) is 7.23. The Hall–Kier alpha value is -3.60. The molecule has 1 aliphatic rings. The highest BCUT2D eigenvalue weighted by Crippen LogP contribution is 2.49. The van der Waals surface area contributed by atoms with E-state index in [0.717, 1.165) is 0 Å². The average molecular weight is 471 g/mol. The molecule has 1 aliphatic heterocycles. The fourth-order valence-corrected chi connectivity index (χ4v) is 3.66. The van der Waals surface area contributed by atoms with E-state index in [9.17, 15) is 40.6 Å². The minimum absolute atomic E-state index is 0.0821. The maximum atomic E-state index is 14.1. The topological polar surface area (TPSA) is 58.6 Å². The lowest BCUT2D eigenvalue weighted by atomic mass is 9.89. The largest absolute Gasteiger partial charge is 0.478 e. The SMILES string of the molecule is O=C(O)c1ccc(C2=CC(c3cc(F)cc(C(F)(F)F)c3)(C(F)(F)F)ON2)c2ccccc12. The summed E-state index contributed by atoms with van der Waals surface area (Å²) in [6, 6.07) is 8.99. The summed E-state index contributed by atoms with van der Waals surface area (Å²) in [7, 11) is 0. The second kappa shape index (κ2) is 7.48. The molecule has 0 aromatic heterocycles. The van der Waals surface area contributed by atoms with E-state index in [4.69, 9.17) is 4.84 Å². The number of aromatic carboxylic acids is 1. The van der Waals surface area contributed by atoms with Crippen LogP contribution in [-0.2, 0) is 16.6 Å². The molecule has 0 aliphatic carbocycles. The van der Waals surface area contributed by atoms with Crippen molar-refractivity contribution in [3.05, 3.63) is 88.7 Å². The first-order chi connectivity index (χ1) is 15.3. The van der Waals surface area contributed by atoms with Gasteiger partial charge in [0, 0.05) is 11.1 Å². The number of halogens is 7. The average Bonchev–Trinajstić information content (AvgIpc) is 3.18. The van der Waals surface area contributed by atoms with Gasteiger partial charge >= 0.3 is 18.3 Å². The molecule has 1 atom stereocenters. The number of carboxylic acid groups (broad SMARTS) is 1. The summed E-state index contributed by atoms with van der Waals surface area (Å²) in [6.07, 6.45) is -9.87. The number of rotatable bonds is 3. The van der Waals surface area contributed by atoms with Crippen LogP contribution in [0.25, 0.3) is 16.5 Å². The van der Waals surface area contributed by atoms with E-state index in [1.54, 1.807) is 0 Å². The van der Waals surface area contributed by atoms with E-state index < -0.39 is 40.9 Å². The fraction of sp³-hybridized carbons (Fsp3) is 0.136. The summed E-state index contributed by atoms with van der Waals surface area (Å²) in [5, 5.41) is 9.84.